The number of nitrogens with one attached hydrogen (secondary N) is 1. The first-order chi connectivity index (χ1) is 13.6. The van der Waals surface area contributed by atoms with Gasteiger partial charge in [0, 0.05) is 11.8 Å². The second-order valence-electron chi connectivity index (χ2n) is 6.62. The number of amides is 1. The highest BCUT2D eigenvalue weighted by molar-refractivity contribution is 7.12. The third-order valence-electron chi connectivity index (χ3n) is 4.59. The van der Waals surface area contributed by atoms with Gasteiger partial charge in [0.25, 0.3) is 5.91 Å². The molecule has 142 valence electrons. The van der Waals surface area contributed by atoms with Crippen molar-refractivity contribution in [2.75, 3.05) is 5.73 Å². The molecule has 4 aromatic rings. The van der Waals surface area contributed by atoms with E-state index < -0.39 is 0 Å². The van der Waals surface area contributed by atoms with Crippen LogP contribution in [0.1, 0.15) is 41.0 Å². The van der Waals surface area contributed by atoms with Gasteiger partial charge in [-0.25, -0.2) is 4.52 Å². The summed E-state index contributed by atoms with van der Waals surface area (Å²) in [5, 5.41) is 9.30. The second-order valence-corrected chi connectivity index (χ2v) is 7.53. The lowest BCUT2D eigenvalue weighted by Gasteiger charge is -2.18. The number of carbonyl (C=O) groups excluding carboxylic acids is 1. The van der Waals surface area contributed by atoms with Gasteiger partial charge in [-0.15, -0.1) is 16.4 Å². The number of fused-ring (bicyclic) bond motifs is 1. The highest BCUT2D eigenvalue weighted by Gasteiger charge is 2.17. The minimum absolute atomic E-state index is 0.0127. The molecule has 0 saturated heterocycles. The van der Waals surface area contributed by atoms with Crippen molar-refractivity contribution < 1.29 is 4.79 Å². The first-order valence-corrected chi connectivity index (χ1v) is 10.1. The van der Waals surface area contributed by atoms with Gasteiger partial charge in [-0.3, -0.25) is 4.79 Å². The number of thiophene rings is 1. The Bertz CT molecular complexity index is 1100. The van der Waals surface area contributed by atoms with Gasteiger partial charge in [0.15, 0.2) is 5.65 Å². The minimum Gasteiger partial charge on any atom is -0.366 e. The molecule has 0 aliphatic heterocycles. The molecule has 4 rings (SSSR count). The van der Waals surface area contributed by atoms with E-state index in [1.165, 1.54) is 11.3 Å². The van der Waals surface area contributed by atoms with Gasteiger partial charge >= 0.3 is 0 Å². The lowest BCUT2D eigenvalue weighted by Crippen LogP contribution is -2.27. The lowest BCUT2D eigenvalue weighted by molar-refractivity contribution is 0.0938. The summed E-state index contributed by atoms with van der Waals surface area (Å²) in [6.07, 6.45) is 3.77. The molecule has 3 N–H and O–H groups in total. The maximum Gasteiger partial charge on any atom is 0.261 e. The van der Waals surface area contributed by atoms with Gasteiger partial charge in [0.1, 0.15) is 0 Å². The molecule has 1 atom stereocenters. The Morgan fingerprint density at radius 2 is 2.04 bits per heavy atom. The SMILES string of the molecule is CCC[C@H](NC(=O)c1cc(-c2ccc3nc(N)nn3c2)cs1)c1ccccc1. The number of nitrogens with two attached hydrogens (primary N) is 1. The maximum atomic E-state index is 12.8. The van der Waals surface area contributed by atoms with Crippen molar-refractivity contribution in [3.63, 3.8) is 0 Å². The van der Waals surface area contributed by atoms with Gasteiger partial charge in [0.05, 0.1) is 10.9 Å². The van der Waals surface area contributed by atoms with E-state index in [1.54, 1.807) is 4.52 Å². The summed E-state index contributed by atoms with van der Waals surface area (Å²) in [6.45, 7) is 2.12. The van der Waals surface area contributed by atoms with Crippen molar-refractivity contribution in [2.45, 2.75) is 25.8 Å². The number of nitrogen functional groups attached to an aromatic ring is 1. The van der Waals surface area contributed by atoms with Crippen LogP contribution in [-0.4, -0.2) is 20.5 Å². The molecule has 6 nitrogen and oxygen atoms in total. The zero-order valence-corrected chi connectivity index (χ0v) is 16.3. The number of rotatable bonds is 6. The number of nitrogens with zero attached hydrogens (tertiary/aromatic N) is 3. The van der Waals surface area contributed by atoms with Crippen molar-refractivity contribution in [2.24, 2.45) is 0 Å². The van der Waals surface area contributed by atoms with E-state index in [0.29, 0.717) is 10.5 Å². The van der Waals surface area contributed by atoms with Gasteiger partial charge < -0.3 is 11.1 Å². The molecule has 0 bridgehead atoms. The zero-order chi connectivity index (χ0) is 19.5. The topological polar surface area (TPSA) is 85.3 Å². The van der Waals surface area contributed by atoms with Gasteiger partial charge in [-0.2, -0.15) is 4.98 Å². The molecular weight excluding hydrogens is 370 g/mol. The molecule has 1 aromatic carbocycles. The molecule has 3 heterocycles. The number of pyridine rings is 1. The quantitative estimate of drug-likeness (QED) is 0.513. The fourth-order valence-electron chi connectivity index (χ4n) is 3.20. The monoisotopic (exact) mass is 391 g/mol. The van der Waals surface area contributed by atoms with Crippen LogP contribution in [0.15, 0.2) is 60.1 Å². The Balaban J connectivity index is 1.54. The Morgan fingerprint density at radius 1 is 1.21 bits per heavy atom. The molecule has 3 aromatic heterocycles. The predicted octanol–water partition coefficient (Wildman–Crippen LogP) is 4.31. The van der Waals surface area contributed by atoms with Crippen LogP contribution in [0.5, 0.6) is 0 Å². The standard InChI is InChI=1S/C21H21N5OS/c1-2-6-17(14-7-4-3-5-8-14)23-20(27)18-11-16(13-28-18)15-9-10-19-24-21(22)25-26(19)12-15/h3-5,7-13,17H,2,6H2,1H3,(H2,22,25)(H,23,27)/t17-/m0/s1. The first-order valence-electron chi connectivity index (χ1n) is 9.20. The summed E-state index contributed by atoms with van der Waals surface area (Å²) in [5.41, 5.74) is 9.40. The van der Waals surface area contributed by atoms with Crippen LogP contribution in [-0.2, 0) is 0 Å². The number of hydrogen-bond donors (Lipinski definition) is 2. The Kier molecular flexibility index (Phi) is 5.08. The van der Waals surface area contributed by atoms with E-state index >= 15 is 0 Å². The summed E-state index contributed by atoms with van der Waals surface area (Å²) in [7, 11) is 0. The average molecular weight is 392 g/mol. The summed E-state index contributed by atoms with van der Waals surface area (Å²) in [5.74, 6) is 0.190. The van der Waals surface area contributed by atoms with Gasteiger partial charge in [-0.1, -0.05) is 43.7 Å². The largest absolute Gasteiger partial charge is 0.366 e. The number of carbonyl (C=O) groups is 1. The van der Waals surface area contributed by atoms with Gasteiger partial charge in [0.2, 0.25) is 5.95 Å². The highest BCUT2D eigenvalue weighted by atomic mass is 32.1. The average Bonchev–Trinajstić information content (AvgIpc) is 3.33. The van der Waals surface area contributed by atoms with Crippen LogP contribution in [0.4, 0.5) is 5.95 Å². The van der Waals surface area contributed by atoms with Crippen LogP contribution < -0.4 is 11.1 Å². The van der Waals surface area contributed by atoms with Crippen LogP contribution in [0, 0.1) is 0 Å². The van der Waals surface area contributed by atoms with Crippen LogP contribution in [0.3, 0.4) is 0 Å². The molecule has 0 spiro atoms. The highest BCUT2D eigenvalue weighted by Crippen LogP contribution is 2.27. The van der Waals surface area contributed by atoms with E-state index in [-0.39, 0.29) is 17.9 Å². The summed E-state index contributed by atoms with van der Waals surface area (Å²) < 4.78 is 1.65. The molecular formula is C21H21N5OS. The van der Waals surface area contributed by atoms with Crippen LogP contribution in [0.2, 0.25) is 0 Å². The Labute approximate surface area is 167 Å². The molecule has 0 unspecified atom stereocenters. The molecule has 0 saturated carbocycles. The molecule has 1 amide bonds. The third-order valence-corrected chi connectivity index (χ3v) is 5.52. The van der Waals surface area contributed by atoms with Crippen molar-refractivity contribution in [1.82, 2.24) is 19.9 Å². The van der Waals surface area contributed by atoms with Crippen LogP contribution >= 0.6 is 11.3 Å². The second kappa shape index (κ2) is 7.82. The summed E-state index contributed by atoms with van der Waals surface area (Å²) in [6, 6.07) is 15.8. The molecule has 7 heteroatoms. The molecule has 28 heavy (non-hydrogen) atoms. The fourth-order valence-corrected chi connectivity index (χ4v) is 4.02. The molecule has 0 aliphatic carbocycles. The van der Waals surface area contributed by atoms with Crippen molar-refractivity contribution in [3.8, 4) is 11.1 Å². The first kappa shape index (κ1) is 18.2. The van der Waals surface area contributed by atoms with E-state index in [0.717, 1.165) is 29.5 Å². The smallest absolute Gasteiger partial charge is 0.261 e. The van der Waals surface area contributed by atoms with E-state index in [1.807, 2.05) is 48.0 Å². The Morgan fingerprint density at radius 3 is 2.82 bits per heavy atom. The fraction of sp³-hybridized carbons (Fsp3) is 0.190. The van der Waals surface area contributed by atoms with Gasteiger partial charge in [-0.05, 0) is 41.1 Å². The number of benzene rings is 1. The van der Waals surface area contributed by atoms with E-state index in [4.69, 9.17) is 5.73 Å². The maximum absolute atomic E-state index is 12.8. The number of hydrogen-bond acceptors (Lipinski definition) is 5. The third kappa shape index (κ3) is 3.75. The summed E-state index contributed by atoms with van der Waals surface area (Å²) in [4.78, 5) is 17.6. The van der Waals surface area contributed by atoms with E-state index in [9.17, 15) is 4.79 Å². The molecule has 0 radical (unpaired) electrons. The molecule has 0 aliphatic rings. The van der Waals surface area contributed by atoms with Crippen LogP contribution in [0.25, 0.3) is 16.8 Å². The number of anilines is 1. The Hall–Kier alpha value is -3.19. The zero-order valence-electron chi connectivity index (χ0n) is 15.5. The summed E-state index contributed by atoms with van der Waals surface area (Å²) >= 11 is 1.44. The number of aromatic nitrogens is 3. The normalized spacial score (nSPS) is 12.2. The van der Waals surface area contributed by atoms with E-state index in [2.05, 4.69) is 34.5 Å². The molecule has 0 fully saturated rings. The van der Waals surface area contributed by atoms with Crippen molar-refractivity contribution in [1.29, 1.82) is 0 Å². The van der Waals surface area contributed by atoms with Crippen molar-refractivity contribution >= 4 is 28.8 Å². The minimum atomic E-state index is -0.0513. The predicted molar refractivity (Wildman–Crippen MR) is 112 cm³/mol. The van der Waals surface area contributed by atoms with Crippen molar-refractivity contribution in [3.05, 3.63) is 70.5 Å². The lowest BCUT2D eigenvalue weighted by atomic mass is 10.0.